The number of ether oxygens (including phenoxy) is 2. The van der Waals surface area contributed by atoms with Crippen LogP contribution in [0.4, 0.5) is 11.4 Å². The van der Waals surface area contributed by atoms with E-state index in [9.17, 15) is 9.59 Å². The van der Waals surface area contributed by atoms with Crippen LogP contribution in [0.2, 0.25) is 0 Å². The number of amides is 2. The van der Waals surface area contributed by atoms with Crippen molar-refractivity contribution in [3.05, 3.63) is 48.0 Å². The lowest BCUT2D eigenvalue weighted by Crippen LogP contribution is -2.15. The number of hydrogen-bond acceptors (Lipinski definition) is 4. The van der Waals surface area contributed by atoms with E-state index in [-0.39, 0.29) is 17.7 Å². The second kappa shape index (κ2) is 7.91. The Morgan fingerprint density at radius 3 is 2.42 bits per heavy atom. The summed E-state index contributed by atoms with van der Waals surface area (Å²) in [5, 5.41) is 5.71. The number of anilines is 2. The fourth-order valence-corrected chi connectivity index (χ4v) is 2.55. The van der Waals surface area contributed by atoms with Gasteiger partial charge in [-0.1, -0.05) is 6.07 Å². The van der Waals surface area contributed by atoms with Crippen LogP contribution in [-0.2, 0) is 4.79 Å². The lowest BCUT2D eigenvalue weighted by atomic mass is 10.1. The summed E-state index contributed by atoms with van der Waals surface area (Å²) in [5.41, 5.74) is 1.74. The smallest absolute Gasteiger partial charge is 0.255 e. The van der Waals surface area contributed by atoms with E-state index in [2.05, 4.69) is 10.6 Å². The second-order valence-corrected chi connectivity index (χ2v) is 6.10. The van der Waals surface area contributed by atoms with Crippen molar-refractivity contribution in [2.75, 3.05) is 24.4 Å². The lowest BCUT2D eigenvalue weighted by Gasteiger charge is -2.12. The molecule has 2 aromatic rings. The highest BCUT2D eigenvalue weighted by molar-refractivity contribution is 6.05. The quantitative estimate of drug-likeness (QED) is 0.795. The van der Waals surface area contributed by atoms with E-state index >= 15 is 0 Å². The van der Waals surface area contributed by atoms with Crippen LogP contribution in [0.5, 0.6) is 11.5 Å². The Kier molecular flexibility index (Phi) is 5.41. The first-order chi connectivity index (χ1) is 12.6. The molecule has 0 heterocycles. The first kappa shape index (κ1) is 17.8. The van der Waals surface area contributed by atoms with Crippen molar-refractivity contribution in [1.29, 1.82) is 0 Å². The van der Waals surface area contributed by atoms with Crippen LogP contribution in [0.25, 0.3) is 0 Å². The normalized spacial score (nSPS) is 13.0. The highest BCUT2D eigenvalue weighted by Gasteiger charge is 2.29. The predicted octanol–water partition coefficient (Wildman–Crippen LogP) is 3.69. The van der Waals surface area contributed by atoms with E-state index in [0.717, 1.165) is 12.8 Å². The van der Waals surface area contributed by atoms with Gasteiger partial charge in [0.05, 0.1) is 13.7 Å². The molecular formula is C20H22N2O4. The van der Waals surface area contributed by atoms with Gasteiger partial charge in [0.2, 0.25) is 5.91 Å². The van der Waals surface area contributed by atoms with E-state index < -0.39 is 0 Å². The number of rotatable bonds is 7. The molecule has 1 aliphatic carbocycles. The molecule has 0 spiro atoms. The molecule has 6 nitrogen and oxygen atoms in total. The third kappa shape index (κ3) is 4.33. The van der Waals surface area contributed by atoms with Gasteiger partial charge in [-0.3, -0.25) is 9.59 Å². The van der Waals surface area contributed by atoms with Gasteiger partial charge in [0.25, 0.3) is 5.91 Å². The Hall–Kier alpha value is -3.02. The molecule has 0 saturated heterocycles. The van der Waals surface area contributed by atoms with Gasteiger partial charge in [0.1, 0.15) is 0 Å². The van der Waals surface area contributed by atoms with Gasteiger partial charge in [0.15, 0.2) is 11.5 Å². The van der Waals surface area contributed by atoms with Crippen molar-refractivity contribution in [3.8, 4) is 11.5 Å². The molecule has 1 fully saturated rings. The van der Waals surface area contributed by atoms with Crippen molar-refractivity contribution < 1.29 is 19.1 Å². The molecule has 26 heavy (non-hydrogen) atoms. The number of hydrogen-bond donors (Lipinski definition) is 2. The zero-order valence-corrected chi connectivity index (χ0v) is 14.9. The number of carbonyl (C=O) groups is 2. The van der Waals surface area contributed by atoms with Gasteiger partial charge < -0.3 is 20.1 Å². The zero-order chi connectivity index (χ0) is 18.5. The summed E-state index contributed by atoms with van der Waals surface area (Å²) in [6.07, 6.45) is 1.89. The molecule has 0 aliphatic heterocycles. The van der Waals surface area contributed by atoms with E-state index in [1.54, 1.807) is 49.6 Å². The van der Waals surface area contributed by atoms with Crippen LogP contribution >= 0.6 is 0 Å². The third-order valence-electron chi connectivity index (χ3n) is 4.06. The molecule has 0 unspecified atom stereocenters. The maximum atomic E-state index is 12.5. The summed E-state index contributed by atoms with van der Waals surface area (Å²) in [7, 11) is 1.55. The molecular weight excluding hydrogens is 332 g/mol. The van der Waals surface area contributed by atoms with Crippen molar-refractivity contribution in [2.45, 2.75) is 19.8 Å². The second-order valence-electron chi connectivity index (χ2n) is 6.10. The fourth-order valence-electron chi connectivity index (χ4n) is 2.55. The Labute approximate surface area is 152 Å². The molecule has 6 heteroatoms. The van der Waals surface area contributed by atoms with Gasteiger partial charge >= 0.3 is 0 Å². The Morgan fingerprint density at radius 2 is 1.77 bits per heavy atom. The largest absolute Gasteiger partial charge is 0.493 e. The molecule has 1 aliphatic rings. The average Bonchev–Trinajstić information content (AvgIpc) is 3.47. The van der Waals surface area contributed by atoms with Crippen molar-refractivity contribution in [3.63, 3.8) is 0 Å². The molecule has 0 atom stereocenters. The van der Waals surface area contributed by atoms with Gasteiger partial charge in [-0.15, -0.1) is 0 Å². The summed E-state index contributed by atoms with van der Waals surface area (Å²) in [6, 6.07) is 12.1. The molecule has 0 aromatic heterocycles. The van der Waals surface area contributed by atoms with E-state index in [1.807, 2.05) is 6.92 Å². The Balaban J connectivity index is 1.71. The minimum absolute atomic E-state index is 0.0324. The maximum Gasteiger partial charge on any atom is 0.255 e. The minimum atomic E-state index is -0.265. The molecule has 2 aromatic carbocycles. The molecule has 3 rings (SSSR count). The van der Waals surface area contributed by atoms with Crippen LogP contribution in [-0.4, -0.2) is 25.5 Å². The fraction of sp³-hybridized carbons (Fsp3) is 0.300. The molecule has 1 saturated carbocycles. The van der Waals surface area contributed by atoms with Gasteiger partial charge in [-0.05, 0) is 56.2 Å². The summed E-state index contributed by atoms with van der Waals surface area (Å²) >= 11 is 0. The monoisotopic (exact) mass is 354 g/mol. The zero-order valence-electron chi connectivity index (χ0n) is 14.9. The maximum absolute atomic E-state index is 12.5. The number of benzene rings is 2. The van der Waals surface area contributed by atoms with Crippen LogP contribution in [0.1, 0.15) is 30.1 Å². The third-order valence-corrected chi connectivity index (χ3v) is 4.06. The summed E-state index contributed by atoms with van der Waals surface area (Å²) in [5.74, 6) is 0.995. The standard InChI is InChI=1S/C20H22N2O4/c1-3-26-18-11-14(9-10-17(18)25-2)20(24)22-16-6-4-5-15(12-16)21-19(23)13-7-8-13/h4-6,9-13H,3,7-8H2,1-2H3,(H,21,23)(H,22,24). The molecule has 136 valence electrons. The van der Waals surface area contributed by atoms with E-state index in [1.165, 1.54) is 0 Å². The van der Waals surface area contributed by atoms with Crippen LogP contribution < -0.4 is 20.1 Å². The van der Waals surface area contributed by atoms with Gasteiger partial charge in [0, 0.05) is 22.9 Å². The first-order valence-electron chi connectivity index (χ1n) is 8.64. The lowest BCUT2D eigenvalue weighted by molar-refractivity contribution is -0.117. The first-order valence-corrected chi connectivity index (χ1v) is 8.64. The van der Waals surface area contributed by atoms with Crippen molar-refractivity contribution >= 4 is 23.2 Å². The highest BCUT2D eigenvalue weighted by atomic mass is 16.5. The minimum Gasteiger partial charge on any atom is -0.493 e. The SMILES string of the molecule is CCOc1cc(C(=O)Nc2cccc(NC(=O)C3CC3)c2)ccc1OC. The van der Waals surface area contributed by atoms with Crippen molar-refractivity contribution in [2.24, 2.45) is 5.92 Å². The summed E-state index contributed by atoms with van der Waals surface area (Å²) in [4.78, 5) is 24.4. The van der Waals surface area contributed by atoms with E-state index in [4.69, 9.17) is 9.47 Å². The van der Waals surface area contributed by atoms with Gasteiger partial charge in [-0.25, -0.2) is 0 Å². The van der Waals surface area contributed by atoms with Crippen molar-refractivity contribution in [1.82, 2.24) is 0 Å². The highest BCUT2D eigenvalue weighted by Crippen LogP contribution is 2.31. The Morgan fingerprint density at radius 1 is 1.04 bits per heavy atom. The molecule has 0 bridgehead atoms. The molecule has 2 amide bonds. The summed E-state index contributed by atoms with van der Waals surface area (Å²) < 4.78 is 10.7. The number of methoxy groups -OCH3 is 1. The predicted molar refractivity (Wildman–Crippen MR) is 99.9 cm³/mol. The number of nitrogens with one attached hydrogen (secondary N) is 2. The molecule has 2 N–H and O–H groups in total. The average molecular weight is 354 g/mol. The summed E-state index contributed by atoms with van der Waals surface area (Å²) in [6.45, 7) is 2.35. The van der Waals surface area contributed by atoms with Crippen LogP contribution in [0.15, 0.2) is 42.5 Å². The topological polar surface area (TPSA) is 76.7 Å². The van der Waals surface area contributed by atoms with Crippen LogP contribution in [0.3, 0.4) is 0 Å². The van der Waals surface area contributed by atoms with E-state index in [0.29, 0.717) is 35.0 Å². The van der Waals surface area contributed by atoms with Gasteiger partial charge in [-0.2, -0.15) is 0 Å². The number of carbonyl (C=O) groups excluding carboxylic acids is 2. The van der Waals surface area contributed by atoms with Crippen LogP contribution in [0, 0.1) is 5.92 Å². The molecule has 0 radical (unpaired) electrons. The Bertz CT molecular complexity index is 815.